The van der Waals surface area contributed by atoms with E-state index < -0.39 is 28.3 Å². The highest BCUT2D eigenvalue weighted by Crippen LogP contribution is 2.29. The first kappa shape index (κ1) is 38.2. The van der Waals surface area contributed by atoms with Crippen LogP contribution in [0.2, 0.25) is 0 Å². The molecule has 2 rings (SSSR count). The Morgan fingerprint density at radius 1 is 0.711 bits per heavy atom. The summed E-state index contributed by atoms with van der Waals surface area (Å²) in [6, 6.07) is 7.61. The van der Waals surface area contributed by atoms with Crippen molar-refractivity contribution in [1.82, 2.24) is 14.7 Å². The standard InChI is InChI=1S/C34H55N3O8/c1-25(38)19-37(22-30(41)45-33(8,9)10)34(18-26-12-14-27(42-11)15-13-26)23-35(20-28(39)43-31(2,3)4)16-17-36(24-34)21-29(40)44-32(5,6)7/h12-15H,16-24H2,1-11H3. The summed E-state index contributed by atoms with van der Waals surface area (Å²) in [5, 5.41) is 0. The Morgan fingerprint density at radius 3 is 1.51 bits per heavy atom. The Kier molecular flexibility index (Phi) is 13.2. The summed E-state index contributed by atoms with van der Waals surface area (Å²) >= 11 is 0. The summed E-state index contributed by atoms with van der Waals surface area (Å²) in [6.45, 7) is 19.1. The molecule has 0 spiro atoms. The molecule has 0 saturated carbocycles. The molecule has 1 aromatic rings. The van der Waals surface area contributed by atoms with Crippen LogP contribution in [-0.4, -0.2) is 120 Å². The van der Waals surface area contributed by atoms with Crippen LogP contribution in [0.1, 0.15) is 74.8 Å². The molecule has 0 bridgehead atoms. The number of ketones is 1. The SMILES string of the molecule is COc1ccc(CC2(N(CC(C)=O)CC(=O)OC(C)(C)C)CN(CC(=O)OC(C)(C)C)CCN(CC(=O)OC(C)(C)C)C2)cc1. The van der Waals surface area contributed by atoms with Crippen LogP contribution >= 0.6 is 0 Å². The van der Waals surface area contributed by atoms with E-state index in [2.05, 4.69) is 0 Å². The maximum atomic E-state index is 13.3. The minimum absolute atomic E-state index is 0.00224. The first-order valence-electron chi connectivity index (χ1n) is 15.6. The zero-order valence-corrected chi connectivity index (χ0v) is 29.3. The number of benzene rings is 1. The summed E-state index contributed by atoms with van der Waals surface area (Å²) in [6.07, 6.45) is 0.405. The van der Waals surface area contributed by atoms with E-state index in [0.29, 0.717) is 38.3 Å². The van der Waals surface area contributed by atoms with E-state index in [0.717, 1.165) is 5.56 Å². The topological polar surface area (TPSA) is 115 Å². The number of esters is 3. The van der Waals surface area contributed by atoms with Crippen molar-refractivity contribution in [3.8, 4) is 5.75 Å². The molecule has 0 radical (unpaired) electrons. The maximum absolute atomic E-state index is 13.3. The molecule has 0 aromatic heterocycles. The first-order valence-corrected chi connectivity index (χ1v) is 15.6. The van der Waals surface area contributed by atoms with Gasteiger partial charge in [0.1, 0.15) is 28.3 Å². The fourth-order valence-corrected chi connectivity index (χ4v) is 5.44. The Hall–Kier alpha value is -3.02. The van der Waals surface area contributed by atoms with Gasteiger partial charge in [0, 0.05) is 26.2 Å². The van der Waals surface area contributed by atoms with Crippen molar-refractivity contribution in [2.75, 3.05) is 59.5 Å². The second kappa shape index (κ2) is 15.5. The molecule has 11 nitrogen and oxygen atoms in total. The van der Waals surface area contributed by atoms with E-state index >= 15 is 0 Å². The molecule has 1 heterocycles. The number of rotatable bonds is 12. The Labute approximate surface area is 269 Å². The molecule has 1 aliphatic rings. The summed E-state index contributed by atoms with van der Waals surface area (Å²) in [5.41, 5.74) is -2.02. The van der Waals surface area contributed by atoms with Gasteiger partial charge in [-0.2, -0.15) is 0 Å². The van der Waals surface area contributed by atoms with Gasteiger partial charge in [0.2, 0.25) is 0 Å². The van der Waals surface area contributed by atoms with Crippen molar-refractivity contribution >= 4 is 23.7 Å². The van der Waals surface area contributed by atoms with Gasteiger partial charge in [-0.1, -0.05) is 12.1 Å². The van der Waals surface area contributed by atoms with Crippen molar-refractivity contribution in [3.05, 3.63) is 29.8 Å². The third-order valence-electron chi connectivity index (χ3n) is 6.83. The number of hydrogen-bond donors (Lipinski definition) is 0. The highest BCUT2D eigenvalue weighted by molar-refractivity contribution is 5.79. The highest BCUT2D eigenvalue weighted by Gasteiger charge is 2.44. The van der Waals surface area contributed by atoms with E-state index in [9.17, 15) is 19.2 Å². The molecule has 1 fully saturated rings. The monoisotopic (exact) mass is 633 g/mol. The van der Waals surface area contributed by atoms with Gasteiger partial charge >= 0.3 is 17.9 Å². The van der Waals surface area contributed by atoms with E-state index in [1.807, 2.05) is 80.5 Å². The van der Waals surface area contributed by atoms with Crippen molar-refractivity contribution < 1.29 is 38.1 Å². The predicted octanol–water partition coefficient (Wildman–Crippen LogP) is 3.51. The minimum Gasteiger partial charge on any atom is -0.497 e. The lowest BCUT2D eigenvalue weighted by Gasteiger charge is -2.46. The molecular weight excluding hydrogens is 578 g/mol. The van der Waals surface area contributed by atoms with Gasteiger partial charge < -0.3 is 18.9 Å². The molecule has 1 aromatic carbocycles. The summed E-state index contributed by atoms with van der Waals surface area (Å²) < 4.78 is 22.4. The van der Waals surface area contributed by atoms with E-state index in [4.69, 9.17) is 18.9 Å². The third kappa shape index (κ3) is 14.3. The number of hydrogen-bond acceptors (Lipinski definition) is 11. The molecule has 0 aliphatic carbocycles. The molecule has 1 saturated heterocycles. The lowest BCUT2D eigenvalue weighted by atomic mass is 9.87. The van der Waals surface area contributed by atoms with Crippen LogP contribution in [0, 0.1) is 0 Å². The van der Waals surface area contributed by atoms with E-state index in [1.165, 1.54) is 6.92 Å². The Bertz CT molecular complexity index is 1120. The number of carbonyl (C=O) groups is 4. The fraction of sp³-hybridized carbons (Fsp3) is 0.706. The molecule has 11 heteroatoms. The van der Waals surface area contributed by atoms with Gasteiger partial charge in [-0.15, -0.1) is 0 Å². The second-order valence-corrected chi connectivity index (χ2v) is 15.0. The summed E-state index contributed by atoms with van der Waals surface area (Å²) in [4.78, 5) is 58.0. The van der Waals surface area contributed by atoms with Crippen molar-refractivity contribution in [3.63, 3.8) is 0 Å². The van der Waals surface area contributed by atoms with Gasteiger partial charge in [-0.3, -0.25) is 33.9 Å². The summed E-state index contributed by atoms with van der Waals surface area (Å²) in [7, 11) is 1.60. The largest absolute Gasteiger partial charge is 0.497 e. The zero-order valence-electron chi connectivity index (χ0n) is 29.3. The van der Waals surface area contributed by atoms with Crippen LogP contribution < -0.4 is 4.74 Å². The van der Waals surface area contributed by atoms with Gasteiger partial charge in [0.15, 0.2) is 0 Å². The first-order chi connectivity index (χ1) is 20.6. The average Bonchev–Trinajstić information content (AvgIpc) is 2.99. The van der Waals surface area contributed by atoms with Crippen LogP contribution in [0.3, 0.4) is 0 Å². The predicted molar refractivity (Wildman–Crippen MR) is 172 cm³/mol. The van der Waals surface area contributed by atoms with Crippen molar-refractivity contribution in [2.45, 2.75) is 98.0 Å². The van der Waals surface area contributed by atoms with Gasteiger partial charge in [0.05, 0.1) is 38.8 Å². The molecule has 0 amide bonds. The number of ether oxygens (including phenoxy) is 4. The molecule has 0 atom stereocenters. The molecular formula is C34H55N3O8. The lowest BCUT2D eigenvalue weighted by molar-refractivity contribution is -0.161. The van der Waals surface area contributed by atoms with Crippen LogP contribution in [0.4, 0.5) is 0 Å². The molecule has 45 heavy (non-hydrogen) atoms. The number of methoxy groups -OCH3 is 1. The van der Waals surface area contributed by atoms with Crippen LogP contribution in [0.5, 0.6) is 5.75 Å². The Morgan fingerprint density at radius 2 is 1.13 bits per heavy atom. The second-order valence-electron chi connectivity index (χ2n) is 15.0. The van der Waals surface area contributed by atoms with Gasteiger partial charge in [-0.25, -0.2) is 0 Å². The number of carbonyl (C=O) groups excluding carboxylic acids is 4. The molecule has 254 valence electrons. The van der Waals surface area contributed by atoms with E-state index in [1.54, 1.807) is 27.9 Å². The van der Waals surface area contributed by atoms with Crippen molar-refractivity contribution in [1.29, 1.82) is 0 Å². The number of Topliss-reactive ketones (excluding diaryl/α,β-unsaturated/α-hetero) is 1. The van der Waals surface area contributed by atoms with Crippen LogP contribution in [0.25, 0.3) is 0 Å². The fourth-order valence-electron chi connectivity index (χ4n) is 5.44. The summed E-state index contributed by atoms with van der Waals surface area (Å²) in [5.74, 6) is -0.673. The quantitative estimate of drug-likeness (QED) is 0.249. The normalized spacial score (nSPS) is 16.5. The zero-order chi connectivity index (χ0) is 34.2. The molecule has 1 aliphatic heterocycles. The highest BCUT2D eigenvalue weighted by atomic mass is 16.6. The van der Waals surface area contributed by atoms with Gasteiger partial charge in [-0.05, 0) is 93.4 Å². The third-order valence-corrected chi connectivity index (χ3v) is 6.83. The number of nitrogens with zero attached hydrogens (tertiary/aromatic N) is 3. The van der Waals surface area contributed by atoms with Gasteiger partial charge in [0.25, 0.3) is 0 Å². The van der Waals surface area contributed by atoms with Crippen LogP contribution in [-0.2, 0) is 39.8 Å². The van der Waals surface area contributed by atoms with Crippen molar-refractivity contribution in [2.24, 2.45) is 0 Å². The molecule has 0 N–H and O–H groups in total. The average molecular weight is 634 g/mol. The maximum Gasteiger partial charge on any atom is 0.320 e. The van der Waals surface area contributed by atoms with Crippen LogP contribution in [0.15, 0.2) is 24.3 Å². The molecule has 0 unspecified atom stereocenters. The smallest absolute Gasteiger partial charge is 0.320 e. The minimum atomic E-state index is -0.905. The van der Waals surface area contributed by atoms with E-state index in [-0.39, 0.29) is 43.9 Å². The lowest BCUT2D eigenvalue weighted by Crippen LogP contribution is -2.63. The Balaban J connectivity index is 2.66.